The molecular weight excluding hydrogens is 408 g/mol. The van der Waals surface area contributed by atoms with E-state index in [4.69, 9.17) is 4.74 Å². The Morgan fingerprint density at radius 1 is 1.07 bits per heavy atom. The second-order valence-electron chi connectivity index (χ2n) is 2.85. The molecular formula is C9H17I2NO2. The van der Waals surface area contributed by atoms with E-state index in [0.29, 0.717) is 6.61 Å². The molecule has 0 atom stereocenters. The van der Waals surface area contributed by atoms with Gasteiger partial charge in [0, 0.05) is 11.0 Å². The van der Waals surface area contributed by atoms with E-state index in [-0.39, 0.29) is 6.09 Å². The Hall–Kier alpha value is 0.730. The number of ether oxygens (including phenoxy) is 1. The van der Waals surface area contributed by atoms with Crippen molar-refractivity contribution in [3.63, 3.8) is 0 Å². The lowest BCUT2D eigenvalue weighted by Gasteiger charge is -2.04. The first-order valence-corrected chi connectivity index (χ1v) is 7.89. The fourth-order valence-corrected chi connectivity index (χ4v) is 1.71. The first kappa shape index (κ1) is 14.7. The summed E-state index contributed by atoms with van der Waals surface area (Å²) in [6.07, 6.45) is 4.49. The second-order valence-corrected chi connectivity index (χ2v) is 5.01. The number of carbonyl (C=O) groups excluding carboxylic acids is 1. The Balaban J connectivity index is 3.07. The number of nitrogens with one attached hydrogen (secondary N) is 1. The molecule has 0 saturated carbocycles. The fourth-order valence-electron chi connectivity index (χ4n) is 0.946. The molecule has 0 aliphatic rings. The zero-order valence-electron chi connectivity index (χ0n) is 8.23. The van der Waals surface area contributed by atoms with Crippen LogP contribution < -0.4 is 5.32 Å². The first-order chi connectivity index (χ1) is 6.81. The van der Waals surface area contributed by atoms with Crippen molar-refractivity contribution in [2.75, 3.05) is 22.0 Å². The number of amides is 1. The Morgan fingerprint density at radius 2 is 1.79 bits per heavy atom. The van der Waals surface area contributed by atoms with Gasteiger partial charge in [0.15, 0.2) is 0 Å². The minimum Gasteiger partial charge on any atom is -0.449 e. The molecule has 0 fully saturated rings. The van der Waals surface area contributed by atoms with Crippen LogP contribution in [-0.2, 0) is 4.74 Å². The third-order valence-electron chi connectivity index (χ3n) is 1.64. The lowest BCUT2D eigenvalue weighted by atomic mass is 10.2. The van der Waals surface area contributed by atoms with Crippen LogP contribution in [0.15, 0.2) is 0 Å². The minimum absolute atomic E-state index is 0.282. The molecule has 0 radical (unpaired) electrons. The lowest BCUT2D eigenvalue weighted by molar-refractivity contribution is 0.153. The average molecular weight is 425 g/mol. The van der Waals surface area contributed by atoms with Gasteiger partial charge in [-0.2, -0.15) is 0 Å². The minimum atomic E-state index is -0.282. The molecule has 14 heavy (non-hydrogen) atoms. The molecule has 0 aromatic carbocycles. The number of unbranched alkanes of at least 4 members (excludes halogenated alkanes) is 3. The molecule has 0 spiro atoms. The van der Waals surface area contributed by atoms with Crippen molar-refractivity contribution >= 4 is 51.3 Å². The van der Waals surface area contributed by atoms with Crippen molar-refractivity contribution in [1.82, 2.24) is 5.32 Å². The summed E-state index contributed by atoms with van der Waals surface area (Å²) in [5.74, 6) is 0. The first-order valence-electron chi connectivity index (χ1n) is 4.83. The molecule has 0 aliphatic heterocycles. The van der Waals surface area contributed by atoms with Crippen LogP contribution in [0.25, 0.3) is 0 Å². The van der Waals surface area contributed by atoms with Gasteiger partial charge in [0.1, 0.15) is 6.61 Å². The molecule has 3 nitrogen and oxygen atoms in total. The number of alkyl halides is 2. The topological polar surface area (TPSA) is 38.3 Å². The summed E-state index contributed by atoms with van der Waals surface area (Å²) in [6, 6.07) is 0. The van der Waals surface area contributed by atoms with Gasteiger partial charge in [0.25, 0.3) is 0 Å². The highest BCUT2D eigenvalue weighted by Gasteiger charge is 1.98. The van der Waals surface area contributed by atoms with Crippen LogP contribution in [-0.4, -0.2) is 28.1 Å². The highest BCUT2D eigenvalue weighted by molar-refractivity contribution is 14.1. The Labute approximate surface area is 113 Å². The molecule has 0 aromatic heterocycles. The molecule has 0 heterocycles. The van der Waals surface area contributed by atoms with Crippen molar-refractivity contribution in [3.8, 4) is 0 Å². The van der Waals surface area contributed by atoms with E-state index in [9.17, 15) is 4.79 Å². The molecule has 1 N–H and O–H groups in total. The van der Waals surface area contributed by atoms with Gasteiger partial charge < -0.3 is 10.1 Å². The quantitative estimate of drug-likeness (QED) is 0.369. The monoisotopic (exact) mass is 425 g/mol. The number of hydrogen-bond donors (Lipinski definition) is 1. The standard InChI is InChI=1S/C9H17I2NO2/c10-5-3-1-2-4-7-12-9(13)14-8-6-11/h1-8H2,(H,12,13). The van der Waals surface area contributed by atoms with Gasteiger partial charge in [0.2, 0.25) is 0 Å². The smallest absolute Gasteiger partial charge is 0.407 e. The SMILES string of the molecule is O=C(NCCCCCCI)OCCI. The summed E-state index contributed by atoms with van der Waals surface area (Å²) in [4.78, 5) is 11.0. The maximum Gasteiger partial charge on any atom is 0.407 e. The summed E-state index contributed by atoms with van der Waals surface area (Å²) in [6.45, 7) is 1.24. The summed E-state index contributed by atoms with van der Waals surface area (Å²) >= 11 is 4.56. The molecule has 0 aromatic rings. The van der Waals surface area contributed by atoms with Crippen LogP contribution in [0.3, 0.4) is 0 Å². The maximum absolute atomic E-state index is 11.0. The summed E-state index contributed by atoms with van der Waals surface area (Å²) in [5, 5.41) is 2.73. The van der Waals surface area contributed by atoms with E-state index >= 15 is 0 Å². The third kappa shape index (κ3) is 10.8. The highest BCUT2D eigenvalue weighted by atomic mass is 127. The molecule has 0 rings (SSSR count). The Kier molecular flexibility index (Phi) is 12.4. The average Bonchev–Trinajstić information content (AvgIpc) is 2.20. The summed E-state index contributed by atoms with van der Waals surface area (Å²) in [5.41, 5.74) is 0. The van der Waals surface area contributed by atoms with E-state index in [1.807, 2.05) is 0 Å². The van der Waals surface area contributed by atoms with Crippen LogP contribution in [0.2, 0.25) is 0 Å². The largest absolute Gasteiger partial charge is 0.449 e. The van der Waals surface area contributed by atoms with Crippen LogP contribution in [0, 0.1) is 0 Å². The molecule has 84 valence electrons. The van der Waals surface area contributed by atoms with Gasteiger partial charge in [-0.15, -0.1) is 0 Å². The van der Waals surface area contributed by atoms with Crippen molar-refractivity contribution in [1.29, 1.82) is 0 Å². The molecule has 0 aliphatic carbocycles. The predicted octanol–water partition coefficient (Wildman–Crippen LogP) is 3.14. The summed E-state index contributed by atoms with van der Waals surface area (Å²) < 4.78 is 6.93. The zero-order chi connectivity index (χ0) is 10.6. The zero-order valence-corrected chi connectivity index (χ0v) is 12.5. The third-order valence-corrected chi connectivity index (χ3v) is 2.84. The number of rotatable bonds is 8. The summed E-state index contributed by atoms with van der Waals surface area (Å²) in [7, 11) is 0. The van der Waals surface area contributed by atoms with Crippen LogP contribution in [0.1, 0.15) is 25.7 Å². The molecule has 0 bridgehead atoms. The van der Waals surface area contributed by atoms with Gasteiger partial charge in [-0.3, -0.25) is 0 Å². The van der Waals surface area contributed by atoms with E-state index in [0.717, 1.165) is 17.4 Å². The van der Waals surface area contributed by atoms with E-state index < -0.39 is 0 Å². The van der Waals surface area contributed by atoms with Crippen molar-refractivity contribution in [3.05, 3.63) is 0 Å². The fraction of sp³-hybridized carbons (Fsp3) is 0.889. The lowest BCUT2D eigenvalue weighted by Crippen LogP contribution is -2.25. The van der Waals surface area contributed by atoms with Crippen molar-refractivity contribution < 1.29 is 9.53 Å². The molecule has 0 saturated heterocycles. The molecule has 1 amide bonds. The van der Waals surface area contributed by atoms with E-state index in [1.165, 1.54) is 23.7 Å². The van der Waals surface area contributed by atoms with Gasteiger partial charge >= 0.3 is 6.09 Å². The van der Waals surface area contributed by atoms with Gasteiger partial charge in [-0.1, -0.05) is 58.0 Å². The van der Waals surface area contributed by atoms with Crippen LogP contribution in [0.4, 0.5) is 4.79 Å². The van der Waals surface area contributed by atoms with Crippen LogP contribution in [0.5, 0.6) is 0 Å². The number of hydrogen-bond acceptors (Lipinski definition) is 2. The van der Waals surface area contributed by atoms with Gasteiger partial charge in [0.05, 0.1) is 0 Å². The Bertz CT molecular complexity index is 145. The number of carbonyl (C=O) groups is 1. The van der Waals surface area contributed by atoms with Crippen molar-refractivity contribution in [2.45, 2.75) is 25.7 Å². The second kappa shape index (κ2) is 11.8. The number of halogens is 2. The number of alkyl carbamates (subject to hydrolysis) is 1. The molecule has 0 unspecified atom stereocenters. The van der Waals surface area contributed by atoms with E-state index in [1.54, 1.807) is 0 Å². The van der Waals surface area contributed by atoms with Crippen LogP contribution >= 0.6 is 45.2 Å². The maximum atomic E-state index is 11.0. The van der Waals surface area contributed by atoms with E-state index in [2.05, 4.69) is 50.5 Å². The Morgan fingerprint density at radius 3 is 2.43 bits per heavy atom. The van der Waals surface area contributed by atoms with Crippen molar-refractivity contribution in [2.24, 2.45) is 0 Å². The molecule has 5 heteroatoms. The predicted molar refractivity (Wildman–Crippen MR) is 75.6 cm³/mol. The van der Waals surface area contributed by atoms with Gasteiger partial charge in [-0.25, -0.2) is 4.79 Å². The normalized spacial score (nSPS) is 9.86. The van der Waals surface area contributed by atoms with Gasteiger partial charge in [-0.05, 0) is 17.3 Å². The highest BCUT2D eigenvalue weighted by Crippen LogP contribution is 2.01.